The molecule has 0 aromatic heterocycles. The van der Waals surface area contributed by atoms with Crippen LogP contribution < -0.4 is 0 Å². The molecule has 0 saturated heterocycles. The molecule has 0 heterocycles. The first-order valence-corrected chi connectivity index (χ1v) is 10.7. The third-order valence-corrected chi connectivity index (χ3v) is 13.6. The van der Waals surface area contributed by atoms with E-state index in [-0.39, 0.29) is 0 Å². The Morgan fingerprint density at radius 1 is 0.500 bits per heavy atom. The molecule has 0 saturated carbocycles. The molecule has 0 rings (SSSR count). The Bertz CT molecular complexity index is 126. The molecule has 0 aromatic carbocycles. The van der Waals surface area contributed by atoms with Crippen LogP contribution in [0.3, 0.4) is 0 Å². The number of hydrogen-bond acceptors (Lipinski definition) is 3. The van der Waals surface area contributed by atoms with Gasteiger partial charge < -0.3 is 0 Å². The zero-order valence-corrected chi connectivity index (χ0v) is 15.0. The van der Waals surface area contributed by atoms with Crippen molar-refractivity contribution in [1.82, 2.24) is 6.10 Å². The Morgan fingerprint density at radius 3 is 0.812 bits per heavy atom. The van der Waals surface area contributed by atoms with E-state index in [9.17, 15) is 0 Å². The van der Waals surface area contributed by atoms with Gasteiger partial charge in [-0.15, -0.1) is 0 Å². The maximum atomic E-state index is 2.75. The predicted octanol–water partition coefficient (Wildman–Crippen LogP) is 2.38. The Kier molecular flexibility index (Phi) is 10.6. The van der Waals surface area contributed by atoms with Gasteiger partial charge in [0.05, 0.1) is 0 Å². The number of hydrogen-bond donors (Lipinski definition) is 0. The first kappa shape index (κ1) is 17.0. The second kappa shape index (κ2) is 9.96. The summed E-state index contributed by atoms with van der Waals surface area (Å²) in [4.78, 5) is 0. The summed E-state index contributed by atoms with van der Waals surface area (Å²) in [5.74, 6) is 0. The second-order valence-corrected chi connectivity index (χ2v) is 11.1. The van der Waals surface area contributed by atoms with E-state index < -0.39 is 28.5 Å². The summed E-state index contributed by atoms with van der Waals surface area (Å²) in [5, 5.41) is 0. The molecular weight excluding hydrogens is 275 g/mol. The fourth-order valence-electron chi connectivity index (χ4n) is 2.34. The van der Waals surface area contributed by atoms with E-state index in [4.69, 9.17) is 0 Å². The molecule has 0 N–H and O–H groups in total. The van der Waals surface area contributed by atoms with E-state index in [2.05, 4.69) is 47.6 Å². The standard InChI is InChI=1S/3C4H10N.Y/c3*1-3-5-4-2;/h3*3-4H2,1-2H3;/q3*-1;+3. The van der Waals surface area contributed by atoms with Gasteiger partial charge in [-0.05, 0) is 0 Å². The van der Waals surface area contributed by atoms with Crippen LogP contribution in [0.4, 0.5) is 0 Å². The fraction of sp³-hybridized carbons (Fsp3) is 1.00. The molecule has 0 unspecified atom stereocenters. The Morgan fingerprint density at radius 2 is 0.688 bits per heavy atom. The van der Waals surface area contributed by atoms with Crippen LogP contribution in [0, 0.1) is 0 Å². The SMILES string of the molecule is CC[N](CC)[Y]([N](CC)CC)[N](CC)CC. The van der Waals surface area contributed by atoms with E-state index in [0.717, 1.165) is 0 Å². The Balaban J connectivity index is 4.84. The van der Waals surface area contributed by atoms with Gasteiger partial charge in [-0.1, -0.05) is 0 Å². The summed E-state index contributed by atoms with van der Waals surface area (Å²) in [5.41, 5.74) is 0. The van der Waals surface area contributed by atoms with E-state index in [1.807, 2.05) is 0 Å². The average Bonchev–Trinajstić information content (AvgIpc) is 2.33. The quantitative estimate of drug-likeness (QED) is 0.647. The number of rotatable bonds is 9. The summed E-state index contributed by atoms with van der Waals surface area (Å²) < 4.78 is 8.26. The number of nitrogens with zero attached hydrogens (tertiary/aromatic N) is 3. The van der Waals surface area contributed by atoms with Crippen LogP contribution in [0.15, 0.2) is 0 Å². The van der Waals surface area contributed by atoms with Crippen LogP contribution in [0.1, 0.15) is 41.5 Å². The molecule has 16 heavy (non-hydrogen) atoms. The summed E-state index contributed by atoms with van der Waals surface area (Å²) in [6.45, 7) is 21.1. The van der Waals surface area contributed by atoms with Crippen molar-refractivity contribution in [3.05, 3.63) is 0 Å². The van der Waals surface area contributed by atoms with Crippen LogP contribution in [0.2, 0.25) is 0 Å². The maximum absolute atomic E-state index is 2.75. The van der Waals surface area contributed by atoms with E-state index in [1.54, 1.807) is 0 Å². The van der Waals surface area contributed by atoms with Crippen LogP contribution >= 0.6 is 0 Å². The third kappa shape index (κ3) is 4.69. The van der Waals surface area contributed by atoms with Crippen molar-refractivity contribution in [2.75, 3.05) is 39.3 Å². The van der Waals surface area contributed by atoms with Crippen molar-refractivity contribution < 1.29 is 28.5 Å². The van der Waals surface area contributed by atoms with Crippen LogP contribution in [0.5, 0.6) is 0 Å². The molecule has 4 heteroatoms. The zero-order chi connectivity index (χ0) is 12.6. The summed E-state index contributed by atoms with van der Waals surface area (Å²) in [6.07, 6.45) is 0. The molecule has 0 aliphatic carbocycles. The Labute approximate surface area is 115 Å². The molecule has 0 bridgehead atoms. The van der Waals surface area contributed by atoms with Crippen LogP contribution in [-0.4, -0.2) is 45.4 Å². The summed E-state index contributed by atoms with van der Waals surface area (Å²) in [6, 6.07) is 0. The van der Waals surface area contributed by atoms with Gasteiger partial charge in [0.25, 0.3) is 0 Å². The van der Waals surface area contributed by atoms with Gasteiger partial charge in [0, 0.05) is 0 Å². The topological polar surface area (TPSA) is 9.72 Å². The van der Waals surface area contributed by atoms with Gasteiger partial charge in [-0.2, -0.15) is 0 Å². The Hall–Kier alpha value is 0.984. The van der Waals surface area contributed by atoms with E-state index in [1.165, 1.54) is 39.3 Å². The third-order valence-electron chi connectivity index (χ3n) is 3.42. The van der Waals surface area contributed by atoms with Crippen LogP contribution in [0.25, 0.3) is 0 Å². The van der Waals surface area contributed by atoms with Gasteiger partial charge in [-0.3, -0.25) is 0 Å². The molecule has 0 atom stereocenters. The van der Waals surface area contributed by atoms with Crippen molar-refractivity contribution in [1.29, 1.82) is 0 Å². The van der Waals surface area contributed by atoms with E-state index in [0.29, 0.717) is 0 Å². The van der Waals surface area contributed by atoms with Crippen molar-refractivity contribution in [2.45, 2.75) is 41.5 Å². The molecule has 0 aliphatic rings. The second-order valence-electron chi connectivity index (χ2n) is 4.01. The molecule has 0 aliphatic heterocycles. The summed E-state index contributed by atoms with van der Waals surface area (Å²) >= 11 is -1.87. The fourth-order valence-corrected chi connectivity index (χ4v) is 10.6. The molecule has 0 aromatic rings. The predicted molar refractivity (Wildman–Crippen MR) is 68.8 cm³/mol. The first-order chi connectivity index (χ1) is 7.69. The van der Waals surface area contributed by atoms with Gasteiger partial charge in [-0.25, -0.2) is 0 Å². The zero-order valence-electron chi connectivity index (χ0n) is 12.2. The molecule has 0 amide bonds. The molecule has 0 radical (unpaired) electrons. The van der Waals surface area contributed by atoms with Crippen molar-refractivity contribution in [2.24, 2.45) is 0 Å². The normalized spacial score (nSPS) is 11.8. The molecule has 96 valence electrons. The first-order valence-electron chi connectivity index (χ1n) is 6.91. The minimum absolute atomic E-state index is 1.21. The molecule has 3 nitrogen and oxygen atoms in total. The van der Waals surface area contributed by atoms with Crippen molar-refractivity contribution in [3.8, 4) is 0 Å². The van der Waals surface area contributed by atoms with Gasteiger partial charge in [0.2, 0.25) is 0 Å². The molecular formula is C12H30N3Y. The van der Waals surface area contributed by atoms with Gasteiger partial charge in [0.15, 0.2) is 0 Å². The average molecular weight is 305 g/mol. The minimum atomic E-state index is -1.87. The van der Waals surface area contributed by atoms with E-state index >= 15 is 0 Å². The van der Waals surface area contributed by atoms with Crippen LogP contribution in [-0.2, 0) is 28.5 Å². The van der Waals surface area contributed by atoms with Crippen molar-refractivity contribution in [3.63, 3.8) is 0 Å². The van der Waals surface area contributed by atoms with Crippen molar-refractivity contribution >= 4 is 0 Å². The molecule has 0 fully saturated rings. The van der Waals surface area contributed by atoms with Gasteiger partial charge in [0.1, 0.15) is 0 Å². The van der Waals surface area contributed by atoms with Gasteiger partial charge >= 0.3 is 115 Å². The summed E-state index contributed by atoms with van der Waals surface area (Å²) in [7, 11) is 0. The molecule has 0 spiro atoms. The monoisotopic (exact) mass is 305 g/mol.